The van der Waals surface area contributed by atoms with Crippen molar-refractivity contribution in [3.8, 4) is 5.75 Å². The van der Waals surface area contributed by atoms with Crippen LogP contribution >= 0.6 is 11.3 Å². The summed E-state index contributed by atoms with van der Waals surface area (Å²) >= 11 is 0.803. The number of benzene rings is 2. The van der Waals surface area contributed by atoms with E-state index in [1.807, 2.05) is 52.0 Å². The number of carbonyl (C=O) groups excluding carboxylic acids is 1. The van der Waals surface area contributed by atoms with Crippen molar-refractivity contribution in [1.29, 1.82) is 0 Å². The summed E-state index contributed by atoms with van der Waals surface area (Å²) < 4.78 is 34.7. The Morgan fingerprint density at radius 1 is 1.12 bits per heavy atom. The molecule has 0 saturated carbocycles. The molecule has 8 nitrogen and oxygen atoms in total. The molecule has 3 aromatic rings. The second-order valence-corrected chi connectivity index (χ2v) is 11.3. The molecule has 0 spiro atoms. The first kappa shape index (κ1) is 22.4. The number of nitrogens with one attached hydrogen (secondary N) is 2. The molecule has 1 amide bonds. The van der Waals surface area contributed by atoms with Crippen LogP contribution in [0.3, 0.4) is 0 Å². The third-order valence-electron chi connectivity index (χ3n) is 5.06. The van der Waals surface area contributed by atoms with E-state index in [0.717, 1.165) is 28.0 Å². The largest absolute Gasteiger partial charge is 0.487 e. The molecule has 32 heavy (non-hydrogen) atoms. The molecule has 1 aromatic heterocycles. The Morgan fingerprint density at radius 2 is 1.88 bits per heavy atom. The summed E-state index contributed by atoms with van der Waals surface area (Å²) in [6, 6.07) is 12.3. The number of aromatic nitrogens is 2. The first-order valence-electron chi connectivity index (χ1n) is 10.1. The molecule has 168 valence electrons. The van der Waals surface area contributed by atoms with Crippen LogP contribution in [0.1, 0.15) is 53.4 Å². The van der Waals surface area contributed by atoms with Crippen LogP contribution in [0.15, 0.2) is 46.8 Å². The van der Waals surface area contributed by atoms with Gasteiger partial charge in [-0.2, -0.15) is 0 Å². The normalized spacial score (nSPS) is 17.3. The lowest BCUT2D eigenvalue weighted by molar-refractivity contribution is 0.0701. The average molecular weight is 473 g/mol. The number of hydrogen-bond acceptors (Lipinski definition) is 7. The molecule has 2 heterocycles. The summed E-state index contributed by atoms with van der Waals surface area (Å²) in [5.41, 5.74) is 2.66. The Bertz CT molecular complexity index is 1280. The fraction of sp³-hybridized carbons (Fsp3) is 0.318. The number of ether oxygens (including phenoxy) is 1. The molecule has 0 fully saturated rings. The van der Waals surface area contributed by atoms with Gasteiger partial charge in [-0.3, -0.25) is 10.1 Å². The highest BCUT2D eigenvalue weighted by molar-refractivity contribution is 7.91. The van der Waals surface area contributed by atoms with Gasteiger partial charge in [0.1, 0.15) is 11.4 Å². The highest BCUT2D eigenvalue weighted by Crippen LogP contribution is 2.40. The number of carbonyl (C=O) groups is 1. The standard InChI is InChI=1S/C22H24N4O4S2/c1-13-6-5-7-15(10-13)19(27)23-20-24-25-21(31-20)32(28,29)26-17-12-22(3,4)30-18-11-14(2)8-9-16(17)18/h5-11,17,26H,12H2,1-4H3,(H,23,24,27)/t17-/m0/s1. The number of amides is 1. The van der Waals surface area contributed by atoms with E-state index in [4.69, 9.17) is 4.74 Å². The maximum Gasteiger partial charge on any atom is 0.270 e. The van der Waals surface area contributed by atoms with E-state index < -0.39 is 21.7 Å². The van der Waals surface area contributed by atoms with Gasteiger partial charge in [0, 0.05) is 17.5 Å². The van der Waals surface area contributed by atoms with E-state index in [9.17, 15) is 13.2 Å². The maximum atomic E-state index is 13.0. The molecule has 2 N–H and O–H groups in total. The number of hydrogen-bond donors (Lipinski definition) is 2. The van der Waals surface area contributed by atoms with Crippen LogP contribution in [0.4, 0.5) is 5.13 Å². The van der Waals surface area contributed by atoms with E-state index >= 15 is 0 Å². The van der Waals surface area contributed by atoms with Crippen molar-refractivity contribution in [2.24, 2.45) is 0 Å². The lowest BCUT2D eigenvalue weighted by Gasteiger charge is -2.37. The minimum absolute atomic E-state index is 0.111. The molecular weight excluding hydrogens is 448 g/mol. The zero-order valence-corrected chi connectivity index (χ0v) is 19.8. The third kappa shape index (κ3) is 4.82. The summed E-state index contributed by atoms with van der Waals surface area (Å²) in [6.07, 6.45) is 0.456. The van der Waals surface area contributed by atoms with E-state index in [-0.39, 0.29) is 15.4 Å². The summed E-state index contributed by atoms with van der Waals surface area (Å²) in [5.74, 6) is 0.287. The van der Waals surface area contributed by atoms with Crippen molar-refractivity contribution in [1.82, 2.24) is 14.9 Å². The fourth-order valence-electron chi connectivity index (χ4n) is 3.63. The van der Waals surface area contributed by atoms with Crippen molar-refractivity contribution >= 4 is 32.4 Å². The molecule has 1 aliphatic rings. The summed E-state index contributed by atoms with van der Waals surface area (Å²) in [6.45, 7) is 7.68. The minimum atomic E-state index is -3.96. The second-order valence-electron chi connectivity index (χ2n) is 8.48. The predicted octanol–water partition coefficient (Wildman–Crippen LogP) is 3.99. The van der Waals surface area contributed by atoms with Gasteiger partial charge in [0.05, 0.1) is 6.04 Å². The third-order valence-corrected chi connectivity index (χ3v) is 7.74. The van der Waals surface area contributed by atoms with Crippen LogP contribution in [-0.4, -0.2) is 30.1 Å². The number of sulfonamides is 1. The van der Waals surface area contributed by atoms with Gasteiger partial charge in [-0.15, -0.1) is 10.2 Å². The smallest absolute Gasteiger partial charge is 0.270 e. The predicted molar refractivity (Wildman–Crippen MR) is 123 cm³/mol. The number of rotatable bonds is 5. The molecular formula is C22H24N4O4S2. The summed E-state index contributed by atoms with van der Waals surface area (Å²) in [4.78, 5) is 12.4. The minimum Gasteiger partial charge on any atom is -0.487 e. The molecule has 0 saturated heterocycles. The molecule has 1 aliphatic heterocycles. The first-order chi connectivity index (χ1) is 15.0. The maximum absolute atomic E-state index is 13.0. The molecule has 1 atom stereocenters. The molecule has 0 bridgehead atoms. The van der Waals surface area contributed by atoms with Crippen LogP contribution in [0.25, 0.3) is 0 Å². The van der Waals surface area contributed by atoms with Gasteiger partial charge in [0.2, 0.25) is 9.47 Å². The fourth-order valence-corrected chi connectivity index (χ4v) is 5.75. The Kier molecular flexibility index (Phi) is 5.78. The van der Waals surface area contributed by atoms with Gasteiger partial charge in [0.15, 0.2) is 0 Å². The SMILES string of the molecule is Cc1cccc(C(=O)Nc2nnc(S(=O)(=O)N[C@H]3CC(C)(C)Oc4cc(C)ccc43)s2)c1. The zero-order chi connectivity index (χ0) is 23.1. The van der Waals surface area contributed by atoms with Gasteiger partial charge in [-0.1, -0.05) is 41.2 Å². The van der Waals surface area contributed by atoms with Gasteiger partial charge >= 0.3 is 0 Å². The van der Waals surface area contributed by atoms with Crippen molar-refractivity contribution in [2.75, 3.05) is 5.32 Å². The monoisotopic (exact) mass is 472 g/mol. The Balaban J connectivity index is 1.54. The molecule has 4 rings (SSSR count). The van der Waals surface area contributed by atoms with Gasteiger partial charge in [0.25, 0.3) is 15.9 Å². The lowest BCUT2D eigenvalue weighted by Crippen LogP contribution is -2.41. The Hall–Kier alpha value is -2.82. The zero-order valence-electron chi connectivity index (χ0n) is 18.2. The van der Waals surface area contributed by atoms with Crippen LogP contribution < -0.4 is 14.8 Å². The number of fused-ring (bicyclic) bond motifs is 1. The number of nitrogens with zero attached hydrogens (tertiary/aromatic N) is 2. The molecule has 0 unspecified atom stereocenters. The van der Waals surface area contributed by atoms with Gasteiger partial charge in [-0.05, 0) is 51.5 Å². The number of aryl methyl sites for hydroxylation is 2. The summed E-state index contributed by atoms with van der Waals surface area (Å²) in [5, 5.41) is 10.4. The highest BCUT2D eigenvalue weighted by Gasteiger charge is 2.37. The van der Waals surface area contributed by atoms with E-state index in [1.54, 1.807) is 18.2 Å². The van der Waals surface area contributed by atoms with Crippen LogP contribution in [-0.2, 0) is 10.0 Å². The number of anilines is 1. The first-order valence-corrected chi connectivity index (χ1v) is 12.4. The van der Waals surface area contributed by atoms with E-state index in [2.05, 4.69) is 20.2 Å². The lowest BCUT2D eigenvalue weighted by atomic mass is 9.90. The van der Waals surface area contributed by atoms with Crippen molar-refractivity contribution in [3.63, 3.8) is 0 Å². The summed E-state index contributed by atoms with van der Waals surface area (Å²) in [7, 11) is -3.96. The Morgan fingerprint density at radius 3 is 2.62 bits per heavy atom. The van der Waals surface area contributed by atoms with Crippen LogP contribution in [0.5, 0.6) is 5.75 Å². The molecule has 0 aliphatic carbocycles. The quantitative estimate of drug-likeness (QED) is 0.544. The van der Waals surface area contributed by atoms with Crippen LogP contribution in [0, 0.1) is 13.8 Å². The molecule has 10 heteroatoms. The van der Waals surface area contributed by atoms with Gasteiger partial charge < -0.3 is 4.74 Å². The van der Waals surface area contributed by atoms with Crippen LogP contribution in [0.2, 0.25) is 0 Å². The average Bonchev–Trinajstić information content (AvgIpc) is 3.16. The molecule has 2 aromatic carbocycles. The topological polar surface area (TPSA) is 110 Å². The Labute approximate surface area is 191 Å². The van der Waals surface area contributed by atoms with Crippen molar-refractivity contribution < 1.29 is 17.9 Å². The van der Waals surface area contributed by atoms with Crippen molar-refractivity contribution in [3.05, 3.63) is 64.7 Å². The van der Waals surface area contributed by atoms with Gasteiger partial charge in [-0.25, -0.2) is 13.1 Å². The van der Waals surface area contributed by atoms with E-state index in [0.29, 0.717) is 17.7 Å². The highest BCUT2D eigenvalue weighted by atomic mass is 32.2. The van der Waals surface area contributed by atoms with Crippen molar-refractivity contribution in [2.45, 2.75) is 50.1 Å². The second kappa shape index (κ2) is 8.27. The molecule has 0 radical (unpaired) electrons. The van der Waals surface area contributed by atoms with E-state index in [1.165, 1.54) is 0 Å².